The van der Waals surface area contributed by atoms with Gasteiger partial charge in [0.1, 0.15) is 5.82 Å². The average Bonchev–Trinajstić information content (AvgIpc) is 2.13. The van der Waals surface area contributed by atoms with E-state index in [4.69, 9.17) is 6.42 Å². The summed E-state index contributed by atoms with van der Waals surface area (Å²) >= 11 is 0. The van der Waals surface area contributed by atoms with Gasteiger partial charge in [0.05, 0.1) is 12.4 Å². The van der Waals surface area contributed by atoms with E-state index < -0.39 is 5.82 Å². The molecule has 3 nitrogen and oxygen atoms in total. The van der Waals surface area contributed by atoms with Crippen molar-refractivity contribution >= 4 is 6.21 Å². The van der Waals surface area contributed by atoms with Crippen molar-refractivity contribution in [2.45, 2.75) is 0 Å². The fraction of sp³-hybridized carbons (Fsp3) is 0.111. The van der Waals surface area contributed by atoms with Gasteiger partial charge in [0.15, 0.2) is 6.61 Å². The van der Waals surface area contributed by atoms with E-state index in [1.807, 2.05) is 0 Å². The Kier molecular flexibility index (Phi) is 3.45. The second-order valence-electron chi connectivity index (χ2n) is 2.15. The van der Waals surface area contributed by atoms with Crippen molar-refractivity contribution in [1.82, 2.24) is 4.98 Å². The summed E-state index contributed by atoms with van der Waals surface area (Å²) in [5.41, 5.74) is 0.525. The zero-order valence-electron chi connectivity index (χ0n) is 6.77. The van der Waals surface area contributed by atoms with Gasteiger partial charge in [0.2, 0.25) is 0 Å². The summed E-state index contributed by atoms with van der Waals surface area (Å²) in [6, 6.07) is 1.29. The first-order valence-electron chi connectivity index (χ1n) is 3.52. The zero-order chi connectivity index (χ0) is 9.52. The lowest BCUT2D eigenvalue weighted by Crippen LogP contribution is -1.88. The van der Waals surface area contributed by atoms with Crippen LogP contribution in [0, 0.1) is 18.2 Å². The Bertz CT molecular complexity index is 344. The lowest BCUT2D eigenvalue weighted by atomic mass is 10.3. The van der Waals surface area contributed by atoms with Crippen molar-refractivity contribution in [3.63, 3.8) is 0 Å². The number of aromatic nitrogens is 1. The van der Waals surface area contributed by atoms with E-state index in [9.17, 15) is 4.39 Å². The van der Waals surface area contributed by atoms with Gasteiger partial charge in [-0.25, -0.2) is 4.39 Å². The number of hydrogen-bond acceptors (Lipinski definition) is 3. The van der Waals surface area contributed by atoms with E-state index in [0.29, 0.717) is 5.56 Å². The van der Waals surface area contributed by atoms with E-state index in [0.717, 1.165) is 6.20 Å². The Morgan fingerprint density at radius 2 is 2.54 bits per heavy atom. The largest absolute Gasteiger partial charge is 0.383 e. The molecule has 0 unspecified atom stereocenters. The minimum atomic E-state index is -0.416. The summed E-state index contributed by atoms with van der Waals surface area (Å²) in [4.78, 5) is 8.23. The van der Waals surface area contributed by atoms with Gasteiger partial charge in [0, 0.05) is 11.8 Å². The molecule has 0 fully saturated rings. The molecule has 13 heavy (non-hydrogen) atoms. The fourth-order valence-electron chi connectivity index (χ4n) is 0.672. The summed E-state index contributed by atoms with van der Waals surface area (Å²) in [7, 11) is 0. The van der Waals surface area contributed by atoms with Crippen molar-refractivity contribution in [2.24, 2.45) is 5.16 Å². The summed E-state index contributed by atoms with van der Waals surface area (Å²) in [6.45, 7) is 0.0965. The maximum atomic E-state index is 12.5. The van der Waals surface area contributed by atoms with Crippen LogP contribution in [0.15, 0.2) is 23.6 Å². The molecule has 1 rings (SSSR count). The van der Waals surface area contributed by atoms with Crippen molar-refractivity contribution < 1.29 is 9.23 Å². The molecule has 0 N–H and O–H groups in total. The molecule has 4 heteroatoms. The second kappa shape index (κ2) is 4.88. The number of oxime groups is 1. The van der Waals surface area contributed by atoms with E-state index in [1.54, 1.807) is 0 Å². The fourth-order valence-corrected chi connectivity index (χ4v) is 0.672. The molecule has 1 heterocycles. The van der Waals surface area contributed by atoms with Gasteiger partial charge in [-0.15, -0.1) is 6.42 Å². The van der Waals surface area contributed by atoms with E-state index >= 15 is 0 Å². The maximum Gasteiger partial charge on any atom is 0.177 e. The van der Waals surface area contributed by atoms with Crippen molar-refractivity contribution in [3.05, 3.63) is 29.8 Å². The Balaban J connectivity index is 2.54. The van der Waals surface area contributed by atoms with Gasteiger partial charge in [-0.3, -0.25) is 4.98 Å². The normalized spacial score (nSPS) is 9.85. The average molecular weight is 178 g/mol. The highest BCUT2D eigenvalue weighted by Crippen LogP contribution is 1.97. The molecule has 0 radical (unpaired) electrons. The second-order valence-corrected chi connectivity index (χ2v) is 2.15. The minimum Gasteiger partial charge on any atom is -0.383 e. The quantitative estimate of drug-likeness (QED) is 0.301. The standard InChI is InChI=1S/C9H7FN2O/c1-2-3-13-12-6-8-4-9(10)7-11-5-8/h1,4-7H,3H2/b12-6+. The first-order chi connectivity index (χ1) is 6.33. The molecular formula is C9H7FN2O. The Hall–Kier alpha value is -1.89. The third kappa shape index (κ3) is 3.34. The van der Waals surface area contributed by atoms with Crippen LogP contribution in [0.2, 0.25) is 0 Å². The van der Waals surface area contributed by atoms with Crippen LogP contribution in [0.4, 0.5) is 4.39 Å². The van der Waals surface area contributed by atoms with E-state index in [1.165, 1.54) is 18.5 Å². The highest BCUT2D eigenvalue weighted by Gasteiger charge is 1.91. The number of terminal acetylenes is 1. The highest BCUT2D eigenvalue weighted by molar-refractivity contribution is 5.78. The highest BCUT2D eigenvalue weighted by atomic mass is 19.1. The summed E-state index contributed by atoms with van der Waals surface area (Å²) in [6.07, 6.45) is 8.83. The number of pyridine rings is 1. The third-order valence-electron chi connectivity index (χ3n) is 1.15. The molecule has 0 aromatic carbocycles. The number of halogens is 1. The van der Waals surface area contributed by atoms with Crippen molar-refractivity contribution in [2.75, 3.05) is 6.61 Å². The van der Waals surface area contributed by atoms with E-state index in [2.05, 4.69) is 20.9 Å². The van der Waals surface area contributed by atoms with Crippen LogP contribution in [0.3, 0.4) is 0 Å². The smallest absolute Gasteiger partial charge is 0.177 e. The molecule has 0 spiro atoms. The Morgan fingerprint density at radius 1 is 1.69 bits per heavy atom. The molecule has 0 aliphatic carbocycles. The Morgan fingerprint density at radius 3 is 3.23 bits per heavy atom. The minimum absolute atomic E-state index is 0.0965. The van der Waals surface area contributed by atoms with Crippen LogP contribution in [-0.2, 0) is 4.84 Å². The molecule has 0 saturated carbocycles. The first-order valence-corrected chi connectivity index (χ1v) is 3.52. The number of rotatable bonds is 3. The van der Waals surface area contributed by atoms with Gasteiger partial charge >= 0.3 is 0 Å². The third-order valence-corrected chi connectivity index (χ3v) is 1.15. The predicted octanol–water partition coefficient (Wildman–Crippen LogP) is 1.20. The summed E-state index contributed by atoms with van der Waals surface area (Å²) in [5, 5.41) is 3.50. The first kappa shape index (κ1) is 9.20. The van der Waals surface area contributed by atoms with Crippen LogP contribution < -0.4 is 0 Å². The molecule has 66 valence electrons. The molecule has 1 aromatic rings. The Labute approximate surface area is 75.2 Å². The van der Waals surface area contributed by atoms with E-state index in [-0.39, 0.29) is 6.61 Å². The molecule has 0 amide bonds. The molecular weight excluding hydrogens is 171 g/mol. The lowest BCUT2D eigenvalue weighted by molar-refractivity contribution is 0.181. The van der Waals surface area contributed by atoms with Gasteiger partial charge in [0.25, 0.3) is 0 Å². The number of nitrogens with zero attached hydrogens (tertiary/aromatic N) is 2. The van der Waals surface area contributed by atoms with Gasteiger partial charge < -0.3 is 4.84 Å². The molecule has 0 aliphatic rings. The van der Waals surface area contributed by atoms with Crippen molar-refractivity contribution in [1.29, 1.82) is 0 Å². The monoisotopic (exact) mass is 178 g/mol. The number of hydrogen-bond donors (Lipinski definition) is 0. The van der Waals surface area contributed by atoms with Gasteiger partial charge in [-0.2, -0.15) is 0 Å². The summed E-state index contributed by atoms with van der Waals surface area (Å²) in [5.74, 6) is 1.82. The van der Waals surface area contributed by atoms with Crippen LogP contribution in [0.1, 0.15) is 5.56 Å². The maximum absolute atomic E-state index is 12.5. The van der Waals surface area contributed by atoms with Crippen LogP contribution in [0.25, 0.3) is 0 Å². The lowest BCUT2D eigenvalue weighted by Gasteiger charge is -1.92. The van der Waals surface area contributed by atoms with Crippen LogP contribution in [0.5, 0.6) is 0 Å². The summed E-state index contributed by atoms with van der Waals surface area (Å²) < 4.78 is 12.5. The molecule has 1 aromatic heterocycles. The van der Waals surface area contributed by atoms with Crippen LogP contribution >= 0.6 is 0 Å². The molecule has 0 bridgehead atoms. The predicted molar refractivity (Wildman–Crippen MR) is 46.6 cm³/mol. The van der Waals surface area contributed by atoms with Gasteiger partial charge in [-0.05, 0) is 6.07 Å². The van der Waals surface area contributed by atoms with Crippen molar-refractivity contribution in [3.8, 4) is 12.3 Å². The van der Waals surface area contributed by atoms with Gasteiger partial charge in [-0.1, -0.05) is 11.1 Å². The zero-order valence-corrected chi connectivity index (χ0v) is 6.77. The molecule has 0 atom stereocenters. The molecule has 0 aliphatic heterocycles. The van der Waals surface area contributed by atoms with Crippen LogP contribution in [-0.4, -0.2) is 17.8 Å². The SMILES string of the molecule is C#CCO/N=C/c1cncc(F)c1. The topological polar surface area (TPSA) is 34.5 Å². The molecule has 0 saturated heterocycles.